The predicted octanol–water partition coefficient (Wildman–Crippen LogP) is 9.11. The van der Waals surface area contributed by atoms with Gasteiger partial charge in [-0.25, -0.2) is 0 Å². The van der Waals surface area contributed by atoms with Crippen molar-refractivity contribution in [2.24, 2.45) is 0 Å². The topological polar surface area (TPSA) is 169 Å². The average molecular weight is 687 g/mol. The Kier molecular flexibility index (Phi) is 36.6. The first-order chi connectivity index (χ1) is 23.1. The van der Waals surface area contributed by atoms with Crippen molar-refractivity contribution in [1.82, 2.24) is 0 Å². The molecule has 0 heterocycles. The summed E-state index contributed by atoms with van der Waals surface area (Å²) in [6.07, 6.45) is 26.2. The number of ketones is 2. The zero-order valence-corrected chi connectivity index (χ0v) is 30.8. The number of carboxylic acids is 2. The van der Waals surface area contributed by atoms with E-state index in [4.69, 9.17) is 10.2 Å². The lowest BCUT2D eigenvalue weighted by atomic mass is 9.95. The molecular formula is C39H74O9. The first kappa shape index (κ1) is 48.3. The van der Waals surface area contributed by atoms with Crippen molar-refractivity contribution in [2.75, 3.05) is 0 Å². The molecule has 0 amide bonds. The van der Waals surface area contributed by atoms with E-state index < -0.39 is 41.8 Å². The molecule has 0 aromatic carbocycles. The van der Waals surface area contributed by atoms with Crippen LogP contribution in [0.5, 0.6) is 0 Å². The van der Waals surface area contributed by atoms with Gasteiger partial charge in [0.25, 0.3) is 0 Å². The van der Waals surface area contributed by atoms with Gasteiger partial charge in [0.2, 0.25) is 0 Å². The third-order valence-electron chi connectivity index (χ3n) is 8.91. The number of carbonyl (C=O) groups is 4. The van der Waals surface area contributed by atoms with Gasteiger partial charge in [0.05, 0.1) is 12.8 Å². The Morgan fingerprint density at radius 1 is 0.354 bits per heavy atom. The highest BCUT2D eigenvalue weighted by atomic mass is 16.4. The smallest absolute Gasteiger partial charge is 0.303 e. The van der Waals surface area contributed by atoms with Gasteiger partial charge in [0, 0.05) is 12.8 Å². The summed E-state index contributed by atoms with van der Waals surface area (Å²) in [4.78, 5) is 43.8. The van der Waals surface area contributed by atoms with Crippen LogP contribution in [0, 0.1) is 0 Å². The molecule has 284 valence electrons. The number of hydrogen-bond acceptors (Lipinski definition) is 7. The van der Waals surface area contributed by atoms with E-state index in [1.54, 1.807) is 0 Å². The van der Waals surface area contributed by atoms with Gasteiger partial charge in [-0.15, -0.1) is 0 Å². The molecule has 0 aromatic rings. The number of aliphatic hydroxyl groups is 3. The number of unbranched alkanes of at least 4 members (excludes halogenated alkanes) is 24. The fraction of sp³-hybridized carbons (Fsp3) is 0.897. The van der Waals surface area contributed by atoms with Gasteiger partial charge in [0.15, 0.2) is 11.6 Å². The molecule has 0 rings (SSSR count). The Morgan fingerprint density at radius 3 is 0.771 bits per heavy atom. The van der Waals surface area contributed by atoms with Crippen molar-refractivity contribution in [3.05, 3.63) is 0 Å². The van der Waals surface area contributed by atoms with Gasteiger partial charge in [-0.05, 0) is 12.8 Å². The van der Waals surface area contributed by atoms with E-state index in [0.717, 1.165) is 25.7 Å². The SMILES string of the molecule is CCCCCCCCCCCCCCCC(=O)C(O)C(O)C(O)C(=O)CCCCCCCCCCCCCCC.O=C(O)CCC(=O)O. The van der Waals surface area contributed by atoms with Gasteiger partial charge >= 0.3 is 11.9 Å². The van der Waals surface area contributed by atoms with Crippen LogP contribution in [0.2, 0.25) is 0 Å². The summed E-state index contributed by atoms with van der Waals surface area (Å²) < 4.78 is 0. The minimum atomic E-state index is -1.73. The van der Waals surface area contributed by atoms with Gasteiger partial charge in [-0.3, -0.25) is 19.2 Å². The Balaban J connectivity index is 0. The fourth-order valence-corrected chi connectivity index (χ4v) is 5.70. The van der Waals surface area contributed by atoms with Crippen LogP contribution < -0.4 is 0 Å². The van der Waals surface area contributed by atoms with E-state index in [0.29, 0.717) is 12.8 Å². The van der Waals surface area contributed by atoms with Crippen LogP contribution in [0.3, 0.4) is 0 Å². The molecule has 0 fully saturated rings. The van der Waals surface area contributed by atoms with Crippen molar-refractivity contribution >= 4 is 23.5 Å². The number of aliphatic carboxylic acids is 2. The number of aliphatic hydroxyl groups excluding tert-OH is 3. The van der Waals surface area contributed by atoms with Crippen LogP contribution in [0.4, 0.5) is 0 Å². The van der Waals surface area contributed by atoms with Crippen LogP contribution in [-0.2, 0) is 19.2 Å². The third-order valence-corrected chi connectivity index (χ3v) is 8.91. The van der Waals surface area contributed by atoms with Crippen molar-refractivity contribution in [1.29, 1.82) is 0 Å². The Bertz CT molecular complexity index is 709. The maximum atomic E-state index is 12.3. The molecule has 0 radical (unpaired) electrons. The Labute approximate surface area is 292 Å². The monoisotopic (exact) mass is 687 g/mol. The molecule has 0 saturated heterocycles. The predicted molar refractivity (Wildman–Crippen MR) is 193 cm³/mol. The van der Waals surface area contributed by atoms with Crippen LogP contribution >= 0.6 is 0 Å². The summed E-state index contributed by atoms with van der Waals surface area (Å²) in [5, 5.41) is 46.3. The molecule has 0 aliphatic heterocycles. The van der Waals surface area contributed by atoms with Crippen LogP contribution in [0.1, 0.15) is 206 Å². The standard InChI is InChI=1S/C35H68O5.C4H6O4/c1-3-5-7-9-11-13-15-17-19-21-23-25-27-29-31(36)33(38)35(40)34(39)32(37)30-28-26-24-22-20-18-16-14-12-10-8-6-4-2;5-3(6)1-2-4(7)8/h33-35,38-40H,3-30H2,1-2H3;1-2H2,(H,5,6)(H,7,8). The van der Waals surface area contributed by atoms with E-state index in [1.807, 2.05) is 0 Å². The maximum Gasteiger partial charge on any atom is 0.303 e. The minimum absolute atomic E-state index is 0.176. The van der Waals surface area contributed by atoms with E-state index in [2.05, 4.69) is 13.8 Å². The zero-order chi connectivity index (χ0) is 36.3. The fourth-order valence-electron chi connectivity index (χ4n) is 5.70. The number of Topliss-reactive ketones (excluding diaryl/α,β-unsaturated/α-hetero) is 2. The number of carbonyl (C=O) groups excluding carboxylic acids is 2. The molecule has 0 spiro atoms. The molecule has 9 nitrogen and oxygen atoms in total. The zero-order valence-electron chi connectivity index (χ0n) is 30.8. The largest absolute Gasteiger partial charge is 0.481 e. The first-order valence-electron chi connectivity index (χ1n) is 19.6. The summed E-state index contributed by atoms with van der Waals surface area (Å²) in [5.74, 6) is -3.12. The second-order valence-corrected chi connectivity index (χ2v) is 13.6. The number of hydrogen-bond donors (Lipinski definition) is 5. The second-order valence-electron chi connectivity index (χ2n) is 13.6. The van der Waals surface area contributed by atoms with Crippen LogP contribution in [0.25, 0.3) is 0 Å². The quantitative estimate of drug-likeness (QED) is 0.0408. The lowest BCUT2D eigenvalue weighted by Gasteiger charge is -2.21. The summed E-state index contributed by atoms with van der Waals surface area (Å²) in [6, 6.07) is 0. The third kappa shape index (κ3) is 34.0. The highest BCUT2D eigenvalue weighted by Gasteiger charge is 2.33. The van der Waals surface area contributed by atoms with Crippen molar-refractivity contribution in [2.45, 2.75) is 225 Å². The van der Waals surface area contributed by atoms with E-state index in [1.165, 1.54) is 128 Å². The van der Waals surface area contributed by atoms with Gasteiger partial charge in [-0.1, -0.05) is 168 Å². The highest BCUT2D eigenvalue weighted by molar-refractivity contribution is 5.87. The maximum absolute atomic E-state index is 12.3. The van der Waals surface area contributed by atoms with Gasteiger partial charge in [0.1, 0.15) is 18.3 Å². The summed E-state index contributed by atoms with van der Waals surface area (Å²) in [7, 11) is 0. The van der Waals surface area contributed by atoms with Crippen molar-refractivity contribution < 1.29 is 44.7 Å². The molecule has 0 aliphatic rings. The summed E-state index contributed by atoms with van der Waals surface area (Å²) in [5.41, 5.74) is 0. The van der Waals surface area contributed by atoms with E-state index in [-0.39, 0.29) is 25.7 Å². The number of rotatable bonds is 35. The normalized spacial score (nSPS) is 12.9. The molecule has 0 aromatic heterocycles. The molecule has 2 unspecified atom stereocenters. The van der Waals surface area contributed by atoms with Gasteiger partial charge < -0.3 is 25.5 Å². The molecule has 48 heavy (non-hydrogen) atoms. The molecule has 0 bridgehead atoms. The highest BCUT2D eigenvalue weighted by Crippen LogP contribution is 2.16. The molecule has 0 aliphatic carbocycles. The molecule has 5 N–H and O–H groups in total. The molecule has 9 heteroatoms. The minimum Gasteiger partial charge on any atom is -0.481 e. The lowest BCUT2D eigenvalue weighted by Crippen LogP contribution is -2.45. The Hall–Kier alpha value is -1.84. The van der Waals surface area contributed by atoms with Crippen molar-refractivity contribution in [3.8, 4) is 0 Å². The Morgan fingerprint density at radius 2 is 0.562 bits per heavy atom. The average Bonchev–Trinajstić information content (AvgIpc) is 3.07. The first-order valence-corrected chi connectivity index (χ1v) is 19.6. The van der Waals surface area contributed by atoms with Gasteiger partial charge in [-0.2, -0.15) is 0 Å². The summed E-state index contributed by atoms with van der Waals surface area (Å²) >= 11 is 0. The second kappa shape index (κ2) is 36.4. The molecular weight excluding hydrogens is 612 g/mol. The lowest BCUT2D eigenvalue weighted by molar-refractivity contribution is -0.147. The number of carboxylic acid groups (broad SMARTS) is 2. The molecule has 0 saturated carbocycles. The molecule has 2 atom stereocenters. The van der Waals surface area contributed by atoms with E-state index >= 15 is 0 Å². The van der Waals surface area contributed by atoms with E-state index in [9.17, 15) is 34.5 Å². The van der Waals surface area contributed by atoms with Crippen LogP contribution in [-0.4, -0.2) is 67.3 Å². The summed E-state index contributed by atoms with van der Waals surface area (Å²) in [6.45, 7) is 4.49. The van der Waals surface area contributed by atoms with Crippen molar-refractivity contribution in [3.63, 3.8) is 0 Å². The van der Waals surface area contributed by atoms with Crippen LogP contribution in [0.15, 0.2) is 0 Å².